The smallest absolute Gasteiger partial charge is 0.237 e. The van der Waals surface area contributed by atoms with Gasteiger partial charge in [-0.15, -0.1) is 0 Å². The van der Waals surface area contributed by atoms with E-state index in [0.29, 0.717) is 6.04 Å². The van der Waals surface area contributed by atoms with Crippen molar-refractivity contribution in [3.63, 3.8) is 0 Å². The van der Waals surface area contributed by atoms with Gasteiger partial charge in [0.25, 0.3) is 0 Å². The summed E-state index contributed by atoms with van der Waals surface area (Å²) >= 11 is 0. The van der Waals surface area contributed by atoms with Crippen LogP contribution in [0.2, 0.25) is 0 Å². The topological polar surface area (TPSA) is 44.4 Å². The first-order chi connectivity index (χ1) is 9.08. The third-order valence-electron chi connectivity index (χ3n) is 5.05. The molecule has 110 valence electrons. The molecule has 5 atom stereocenters. The van der Waals surface area contributed by atoms with E-state index in [0.717, 1.165) is 44.3 Å². The molecule has 0 radical (unpaired) electrons. The van der Waals surface area contributed by atoms with Crippen molar-refractivity contribution in [1.82, 2.24) is 15.5 Å². The Morgan fingerprint density at radius 1 is 1.37 bits per heavy atom. The zero-order valence-corrected chi connectivity index (χ0v) is 12.8. The van der Waals surface area contributed by atoms with Crippen molar-refractivity contribution in [3.05, 3.63) is 0 Å². The Labute approximate surface area is 117 Å². The Balaban J connectivity index is 1.98. The van der Waals surface area contributed by atoms with Gasteiger partial charge in [0.2, 0.25) is 5.91 Å². The van der Waals surface area contributed by atoms with Crippen molar-refractivity contribution in [2.24, 2.45) is 11.8 Å². The van der Waals surface area contributed by atoms with E-state index in [4.69, 9.17) is 0 Å². The minimum Gasteiger partial charge on any atom is -0.352 e. The van der Waals surface area contributed by atoms with Crippen LogP contribution < -0.4 is 10.6 Å². The minimum atomic E-state index is 0.00421. The molecule has 2 saturated heterocycles. The van der Waals surface area contributed by atoms with Gasteiger partial charge in [0, 0.05) is 18.6 Å². The lowest BCUT2D eigenvalue weighted by atomic mass is 9.92. The molecule has 4 heteroatoms. The lowest BCUT2D eigenvalue weighted by Gasteiger charge is -2.32. The number of amides is 1. The normalized spacial score (nSPS) is 34.0. The zero-order chi connectivity index (χ0) is 14.0. The Morgan fingerprint density at radius 3 is 2.74 bits per heavy atom. The standard InChI is InChI=1S/C15H29N3O/c1-5-10(3)17-15(19)11(4)18-9-12-7-16-8-13(12)14(18)6-2/h10-14,16H,5-9H2,1-4H3,(H,17,19). The van der Waals surface area contributed by atoms with Crippen LogP contribution in [0.25, 0.3) is 0 Å². The van der Waals surface area contributed by atoms with Crippen molar-refractivity contribution in [3.8, 4) is 0 Å². The molecule has 0 aromatic heterocycles. The highest BCUT2D eigenvalue weighted by atomic mass is 16.2. The number of carbonyl (C=O) groups excluding carboxylic acids is 1. The van der Waals surface area contributed by atoms with E-state index >= 15 is 0 Å². The number of likely N-dealkylation sites (tertiary alicyclic amines) is 1. The maximum absolute atomic E-state index is 12.3. The fraction of sp³-hybridized carbons (Fsp3) is 0.933. The molecule has 2 aliphatic heterocycles. The largest absolute Gasteiger partial charge is 0.352 e. The van der Waals surface area contributed by atoms with Crippen molar-refractivity contribution >= 4 is 5.91 Å². The molecule has 2 fully saturated rings. The molecule has 19 heavy (non-hydrogen) atoms. The second kappa shape index (κ2) is 6.23. The summed E-state index contributed by atoms with van der Waals surface area (Å²) in [5.74, 6) is 1.67. The average molecular weight is 267 g/mol. The molecule has 2 heterocycles. The van der Waals surface area contributed by atoms with Gasteiger partial charge in [-0.3, -0.25) is 9.69 Å². The average Bonchev–Trinajstić information content (AvgIpc) is 2.97. The molecule has 0 spiro atoms. The molecule has 2 aliphatic rings. The second-order valence-electron chi connectivity index (χ2n) is 6.25. The van der Waals surface area contributed by atoms with Gasteiger partial charge in [-0.1, -0.05) is 13.8 Å². The predicted octanol–water partition coefficient (Wildman–Crippen LogP) is 1.22. The van der Waals surface area contributed by atoms with Gasteiger partial charge in [-0.2, -0.15) is 0 Å². The summed E-state index contributed by atoms with van der Waals surface area (Å²) in [4.78, 5) is 14.8. The number of hydrogen-bond donors (Lipinski definition) is 2. The Hall–Kier alpha value is -0.610. The molecule has 1 amide bonds. The predicted molar refractivity (Wildman–Crippen MR) is 78.0 cm³/mol. The number of fused-ring (bicyclic) bond motifs is 1. The van der Waals surface area contributed by atoms with Crippen LogP contribution in [0.4, 0.5) is 0 Å². The van der Waals surface area contributed by atoms with Crippen LogP contribution in [0.15, 0.2) is 0 Å². The number of hydrogen-bond acceptors (Lipinski definition) is 3. The summed E-state index contributed by atoms with van der Waals surface area (Å²) in [7, 11) is 0. The summed E-state index contributed by atoms with van der Waals surface area (Å²) in [6.07, 6.45) is 2.13. The van der Waals surface area contributed by atoms with E-state index in [2.05, 4.69) is 43.2 Å². The van der Waals surface area contributed by atoms with Crippen LogP contribution in [0.3, 0.4) is 0 Å². The van der Waals surface area contributed by atoms with Crippen molar-refractivity contribution in [2.45, 2.75) is 58.7 Å². The molecule has 0 aliphatic carbocycles. The third kappa shape index (κ3) is 2.95. The van der Waals surface area contributed by atoms with Gasteiger partial charge in [0.15, 0.2) is 0 Å². The maximum Gasteiger partial charge on any atom is 0.237 e. The Bertz CT molecular complexity index is 321. The molecule has 0 bridgehead atoms. The fourth-order valence-electron chi connectivity index (χ4n) is 3.65. The van der Waals surface area contributed by atoms with E-state index in [-0.39, 0.29) is 18.0 Å². The molecule has 0 aromatic rings. The quantitative estimate of drug-likeness (QED) is 0.787. The summed E-state index contributed by atoms with van der Waals surface area (Å²) in [6.45, 7) is 11.8. The van der Waals surface area contributed by atoms with Gasteiger partial charge < -0.3 is 10.6 Å². The first-order valence-electron chi connectivity index (χ1n) is 7.85. The van der Waals surface area contributed by atoms with E-state index in [1.54, 1.807) is 0 Å². The lowest BCUT2D eigenvalue weighted by molar-refractivity contribution is -0.127. The Morgan fingerprint density at radius 2 is 2.11 bits per heavy atom. The van der Waals surface area contributed by atoms with Crippen LogP contribution in [0.5, 0.6) is 0 Å². The molecule has 0 aromatic carbocycles. The highest BCUT2D eigenvalue weighted by Crippen LogP contribution is 2.35. The van der Waals surface area contributed by atoms with E-state index in [1.807, 2.05) is 0 Å². The lowest BCUT2D eigenvalue weighted by Crippen LogP contribution is -2.50. The van der Waals surface area contributed by atoms with Gasteiger partial charge in [0.1, 0.15) is 0 Å². The SMILES string of the molecule is CCC(C)NC(=O)C(C)N1CC2CNCC2C1CC. The van der Waals surface area contributed by atoms with E-state index < -0.39 is 0 Å². The van der Waals surface area contributed by atoms with E-state index in [1.165, 1.54) is 0 Å². The van der Waals surface area contributed by atoms with Gasteiger partial charge >= 0.3 is 0 Å². The van der Waals surface area contributed by atoms with Crippen LogP contribution >= 0.6 is 0 Å². The molecule has 0 saturated carbocycles. The van der Waals surface area contributed by atoms with Crippen molar-refractivity contribution in [1.29, 1.82) is 0 Å². The van der Waals surface area contributed by atoms with Gasteiger partial charge in [-0.05, 0) is 51.6 Å². The van der Waals surface area contributed by atoms with Crippen molar-refractivity contribution in [2.75, 3.05) is 19.6 Å². The summed E-state index contributed by atoms with van der Waals surface area (Å²) in [6, 6.07) is 0.848. The molecule has 4 nitrogen and oxygen atoms in total. The van der Waals surface area contributed by atoms with Crippen LogP contribution in [0, 0.1) is 11.8 Å². The minimum absolute atomic E-state index is 0.00421. The summed E-state index contributed by atoms with van der Waals surface area (Å²) in [5, 5.41) is 6.61. The molecular formula is C15H29N3O. The van der Waals surface area contributed by atoms with Gasteiger partial charge in [0.05, 0.1) is 6.04 Å². The molecule has 2 N–H and O–H groups in total. The highest BCUT2D eigenvalue weighted by Gasteiger charge is 2.45. The maximum atomic E-state index is 12.3. The second-order valence-corrected chi connectivity index (χ2v) is 6.25. The number of carbonyl (C=O) groups is 1. The monoisotopic (exact) mass is 267 g/mol. The number of nitrogens with one attached hydrogen (secondary N) is 2. The number of nitrogens with zero attached hydrogens (tertiary/aromatic N) is 1. The van der Waals surface area contributed by atoms with Crippen LogP contribution in [0.1, 0.15) is 40.5 Å². The summed E-state index contributed by atoms with van der Waals surface area (Å²) in [5.41, 5.74) is 0. The van der Waals surface area contributed by atoms with Gasteiger partial charge in [-0.25, -0.2) is 0 Å². The van der Waals surface area contributed by atoms with E-state index in [9.17, 15) is 4.79 Å². The molecule has 2 rings (SSSR count). The Kier molecular flexibility index (Phi) is 4.85. The first kappa shape index (κ1) is 14.8. The summed E-state index contributed by atoms with van der Waals surface area (Å²) < 4.78 is 0. The highest BCUT2D eigenvalue weighted by molar-refractivity contribution is 5.81. The fourth-order valence-corrected chi connectivity index (χ4v) is 3.65. The third-order valence-corrected chi connectivity index (χ3v) is 5.05. The molecular weight excluding hydrogens is 238 g/mol. The van der Waals surface area contributed by atoms with Crippen molar-refractivity contribution < 1.29 is 4.79 Å². The number of rotatable bonds is 5. The molecule has 5 unspecified atom stereocenters. The van der Waals surface area contributed by atoms with Crippen LogP contribution in [-0.2, 0) is 4.79 Å². The van der Waals surface area contributed by atoms with Crippen LogP contribution in [-0.4, -0.2) is 48.6 Å². The zero-order valence-electron chi connectivity index (χ0n) is 12.8. The first-order valence-corrected chi connectivity index (χ1v) is 7.85.